The number of para-hydroxylation sites is 1. The van der Waals surface area contributed by atoms with Crippen molar-refractivity contribution >= 4 is 29.3 Å². The van der Waals surface area contributed by atoms with E-state index in [-0.39, 0.29) is 12.5 Å². The summed E-state index contributed by atoms with van der Waals surface area (Å²) in [5, 5.41) is 16.8. The molecule has 0 aromatic heterocycles. The van der Waals surface area contributed by atoms with Gasteiger partial charge in [0.25, 0.3) is 0 Å². The lowest BCUT2D eigenvalue weighted by Crippen LogP contribution is -2.49. The average molecular weight is 415 g/mol. The third kappa shape index (κ3) is 5.18. The van der Waals surface area contributed by atoms with E-state index in [2.05, 4.69) is 10.6 Å². The van der Waals surface area contributed by atoms with Crippen LogP contribution < -0.4 is 10.6 Å². The quantitative estimate of drug-likeness (QED) is 0.500. The number of thioether (sulfide) groups is 1. The molecule has 2 aromatic rings. The first-order valence-electron chi connectivity index (χ1n) is 9.62. The van der Waals surface area contributed by atoms with Crippen LogP contribution in [0.15, 0.2) is 59.5 Å². The van der Waals surface area contributed by atoms with Crippen molar-refractivity contribution in [2.75, 3.05) is 31.3 Å². The van der Waals surface area contributed by atoms with Crippen molar-refractivity contribution in [1.29, 1.82) is 0 Å². The Labute approximate surface area is 175 Å². The van der Waals surface area contributed by atoms with Gasteiger partial charge in [-0.25, -0.2) is 0 Å². The number of anilines is 1. The van der Waals surface area contributed by atoms with Crippen LogP contribution in [0, 0.1) is 5.92 Å². The van der Waals surface area contributed by atoms with Crippen molar-refractivity contribution < 1.29 is 19.4 Å². The van der Waals surface area contributed by atoms with Gasteiger partial charge < -0.3 is 20.5 Å². The Balaban J connectivity index is 1.70. The molecule has 1 saturated heterocycles. The Morgan fingerprint density at radius 2 is 1.72 bits per heavy atom. The van der Waals surface area contributed by atoms with E-state index in [9.17, 15) is 14.7 Å². The number of ether oxygens (including phenoxy) is 1. The first-order valence-corrected chi connectivity index (χ1v) is 10.8. The lowest BCUT2D eigenvalue weighted by atomic mass is 9.77. The number of carbonyl (C=O) groups excluding carboxylic acids is 2. The lowest BCUT2D eigenvalue weighted by molar-refractivity contribution is -0.137. The lowest BCUT2D eigenvalue weighted by Gasteiger charge is -2.39. The summed E-state index contributed by atoms with van der Waals surface area (Å²) in [6.45, 7) is 1.09. The van der Waals surface area contributed by atoms with Gasteiger partial charge in [0.05, 0.1) is 12.2 Å². The molecule has 0 saturated carbocycles. The maximum Gasteiger partial charge on any atom is 0.313 e. The van der Waals surface area contributed by atoms with Crippen molar-refractivity contribution in [1.82, 2.24) is 5.32 Å². The number of carbonyl (C=O) groups is 2. The first kappa shape index (κ1) is 21.4. The molecule has 2 aromatic carbocycles. The molecule has 1 fully saturated rings. The van der Waals surface area contributed by atoms with Gasteiger partial charge in [-0.15, -0.1) is 11.8 Å². The summed E-state index contributed by atoms with van der Waals surface area (Å²) in [4.78, 5) is 25.7. The summed E-state index contributed by atoms with van der Waals surface area (Å²) in [5.41, 5.74) is 0.0428. The molecule has 2 amide bonds. The van der Waals surface area contributed by atoms with Crippen molar-refractivity contribution in [3.63, 3.8) is 0 Å². The standard InChI is InChI=1S/C22H26N2O4S/c1-29-19-10-6-5-9-18(19)24-21(26)20(25)23-15-22(27,16-7-3-2-4-8-16)17-11-13-28-14-12-17/h2-10,17,27H,11-15H2,1H3,(H,23,25)(H,24,26)/t22-/m1/s1. The highest BCUT2D eigenvalue weighted by Crippen LogP contribution is 2.35. The Bertz CT molecular complexity index is 840. The third-order valence-corrected chi connectivity index (χ3v) is 6.05. The predicted molar refractivity (Wildman–Crippen MR) is 114 cm³/mol. The molecule has 29 heavy (non-hydrogen) atoms. The van der Waals surface area contributed by atoms with E-state index >= 15 is 0 Å². The van der Waals surface area contributed by atoms with Gasteiger partial charge in [0, 0.05) is 18.1 Å². The van der Waals surface area contributed by atoms with Crippen LogP contribution in [0.4, 0.5) is 5.69 Å². The third-order valence-electron chi connectivity index (χ3n) is 5.25. The second kappa shape index (κ2) is 9.91. The van der Waals surface area contributed by atoms with Crippen molar-refractivity contribution in [2.45, 2.75) is 23.3 Å². The van der Waals surface area contributed by atoms with Crippen molar-refractivity contribution in [3.8, 4) is 0 Å². The Kier molecular flexibility index (Phi) is 7.30. The van der Waals surface area contributed by atoms with E-state index in [1.54, 1.807) is 12.1 Å². The van der Waals surface area contributed by atoms with Crippen LogP contribution in [0.1, 0.15) is 18.4 Å². The zero-order chi connectivity index (χ0) is 20.7. The largest absolute Gasteiger partial charge is 0.383 e. The molecule has 0 bridgehead atoms. The van der Waals surface area contributed by atoms with Gasteiger partial charge in [0.1, 0.15) is 5.60 Å². The van der Waals surface area contributed by atoms with Gasteiger partial charge in [-0.05, 0) is 42.7 Å². The van der Waals surface area contributed by atoms with E-state index in [1.165, 1.54) is 11.8 Å². The minimum absolute atomic E-state index is 0.0435. The molecule has 0 radical (unpaired) electrons. The normalized spacial score (nSPS) is 16.6. The molecule has 0 spiro atoms. The zero-order valence-corrected chi connectivity index (χ0v) is 17.2. The van der Waals surface area contributed by atoms with E-state index < -0.39 is 17.4 Å². The zero-order valence-electron chi connectivity index (χ0n) is 16.4. The van der Waals surface area contributed by atoms with Crippen LogP contribution in [0.5, 0.6) is 0 Å². The molecule has 1 aliphatic heterocycles. The number of benzene rings is 2. The summed E-state index contributed by atoms with van der Waals surface area (Å²) in [5.74, 6) is -1.60. The van der Waals surface area contributed by atoms with Crippen molar-refractivity contribution in [3.05, 3.63) is 60.2 Å². The minimum Gasteiger partial charge on any atom is -0.383 e. The van der Waals surface area contributed by atoms with Gasteiger partial charge in [-0.2, -0.15) is 0 Å². The second-order valence-electron chi connectivity index (χ2n) is 7.01. The SMILES string of the molecule is CSc1ccccc1NC(=O)C(=O)NC[C@@](O)(c1ccccc1)C1CCOCC1. The Morgan fingerprint density at radius 3 is 2.41 bits per heavy atom. The fourth-order valence-electron chi connectivity index (χ4n) is 3.61. The van der Waals surface area contributed by atoms with Gasteiger partial charge in [-0.1, -0.05) is 42.5 Å². The van der Waals surface area contributed by atoms with Crippen LogP contribution >= 0.6 is 11.8 Å². The van der Waals surface area contributed by atoms with Crippen LogP contribution in [0.2, 0.25) is 0 Å². The molecular formula is C22H26N2O4S. The molecule has 0 aliphatic carbocycles. The summed E-state index contributed by atoms with van der Waals surface area (Å²) in [6, 6.07) is 16.6. The summed E-state index contributed by atoms with van der Waals surface area (Å²) >= 11 is 1.48. The van der Waals surface area contributed by atoms with Gasteiger partial charge in [-0.3, -0.25) is 9.59 Å². The van der Waals surface area contributed by atoms with Crippen LogP contribution in [-0.2, 0) is 19.9 Å². The summed E-state index contributed by atoms with van der Waals surface area (Å²) in [6.07, 6.45) is 3.28. The van der Waals surface area contributed by atoms with E-state index in [1.807, 2.05) is 48.7 Å². The second-order valence-corrected chi connectivity index (χ2v) is 7.86. The molecule has 6 nitrogen and oxygen atoms in total. The van der Waals surface area contributed by atoms with E-state index in [0.29, 0.717) is 31.7 Å². The molecule has 1 heterocycles. The fraction of sp³-hybridized carbons (Fsp3) is 0.364. The van der Waals surface area contributed by atoms with Crippen LogP contribution in [-0.4, -0.2) is 42.9 Å². The number of aliphatic hydroxyl groups is 1. The number of nitrogens with one attached hydrogen (secondary N) is 2. The highest BCUT2D eigenvalue weighted by molar-refractivity contribution is 7.98. The fourth-order valence-corrected chi connectivity index (χ4v) is 4.16. The number of hydrogen-bond donors (Lipinski definition) is 3. The highest BCUT2D eigenvalue weighted by Gasteiger charge is 2.39. The summed E-state index contributed by atoms with van der Waals surface area (Å²) in [7, 11) is 0. The van der Waals surface area contributed by atoms with Gasteiger partial charge in [0.2, 0.25) is 0 Å². The smallest absolute Gasteiger partial charge is 0.313 e. The topological polar surface area (TPSA) is 87.7 Å². The molecular weight excluding hydrogens is 388 g/mol. The maximum atomic E-state index is 12.4. The number of rotatable bonds is 6. The molecule has 1 aliphatic rings. The van der Waals surface area contributed by atoms with Crippen LogP contribution in [0.3, 0.4) is 0 Å². The van der Waals surface area contributed by atoms with Crippen molar-refractivity contribution in [2.24, 2.45) is 5.92 Å². The number of hydrogen-bond acceptors (Lipinski definition) is 5. The summed E-state index contributed by atoms with van der Waals surface area (Å²) < 4.78 is 5.42. The Hall–Kier alpha value is -2.35. The average Bonchev–Trinajstić information content (AvgIpc) is 2.78. The monoisotopic (exact) mass is 414 g/mol. The molecule has 7 heteroatoms. The molecule has 154 valence electrons. The predicted octanol–water partition coefficient (Wildman–Crippen LogP) is 2.78. The highest BCUT2D eigenvalue weighted by atomic mass is 32.2. The molecule has 3 N–H and O–H groups in total. The van der Waals surface area contributed by atoms with Crippen LogP contribution in [0.25, 0.3) is 0 Å². The van der Waals surface area contributed by atoms with E-state index in [0.717, 1.165) is 10.5 Å². The molecule has 0 unspecified atom stereocenters. The minimum atomic E-state index is -1.27. The maximum absolute atomic E-state index is 12.4. The molecule has 1 atom stereocenters. The van der Waals surface area contributed by atoms with Gasteiger partial charge >= 0.3 is 11.8 Å². The first-order chi connectivity index (χ1) is 14.0. The molecule has 3 rings (SSSR count). The van der Waals surface area contributed by atoms with Gasteiger partial charge in [0.15, 0.2) is 0 Å². The number of amides is 2. The van der Waals surface area contributed by atoms with E-state index in [4.69, 9.17) is 4.74 Å². The Morgan fingerprint density at radius 1 is 1.07 bits per heavy atom.